The molecule has 0 bridgehead atoms. The largest absolute Gasteiger partial charge is 0.298 e. The van der Waals surface area contributed by atoms with Gasteiger partial charge in [0.25, 0.3) is 10.1 Å². The standard InChI is InChI=1S/C18H19NO4S/c20-15-18-7-5-16(6-8-18)3-4-17-9-12-19(13-10-17)11-1-2-14-24(21,22)23/h3-10,12-13,15H,1-2,11,14H2/p+1. The maximum atomic E-state index is 10.6. The number of hydrogen-bond donors (Lipinski definition) is 1. The molecule has 0 amide bonds. The van der Waals surface area contributed by atoms with E-state index in [-0.39, 0.29) is 5.75 Å². The molecule has 0 saturated heterocycles. The predicted molar refractivity (Wildman–Crippen MR) is 93.0 cm³/mol. The van der Waals surface area contributed by atoms with E-state index in [1.807, 2.05) is 53.4 Å². The lowest BCUT2D eigenvalue weighted by Crippen LogP contribution is -2.32. The number of carbonyl (C=O) groups excluding carboxylic acids is 1. The van der Waals surface area contributed by atoms with Gasteiger partial charge in [0, 0.05) is 24.1 Å². The van der Waals surface area contributed by atoms with Crippen LogP contribution in [-0.4, -0.2) is 25.0 Å². The van der Waals surface area contributed by atoms with Gasteiger partial charge in [-0.05, 0) is 17.5 Å². The highest BCUT2D eigenvalue weighted by molar-refractivity contribution is 7.85. The normalized spacial score (nSPS) is 11.7. The molecule has 126 valence electrons. The maximum absolute atomic E-state index is 10.6. The summed E-state index contributed by atoms with van der Waals surface area (Å²) in [5, 5.41) is 0. The zero-order chi connectivity index (χ0) is 17.4. The minimum Gasteiger partial charge on any atom is -0.298 e. The first kappa shape index (κ1) is 18.0. The molecule has 0 radical (unpaired) electrons. The van der Waals surface area contributed by atoms with Crippen LogP contribution < -0.4 is 4.57 Å². The molecule has 5 nitrogen and oxygen atoms in total. The predicted octanol–water partition coefficient (Wildman–Crippen LogP) is 2.63. The van der Waals surface area contributed by atoms with Crippen LogP contribution in [0, 0.1) is 0 Å². The van der Waals surface area contributed by atoms with Gasteiger partial charge in [0.05, 0.1) is 5.75 Å². The molecule has 0 fully saturated rings. The number of hydrogen-bond acceptors (Lipinski definition) is 3. The van der Waals surface area contributed by atoms with Gasteiger partial charge in [-0.15, -0.1) is 0 Å². The number of aromatic nitrogens is 1. The summed E-state index contributed by atoms with van der Waals surface area (Å²) in [6.07, 6.45) is 9.76. The fourth-order valence-electron chi connectivity index (χ4n) is 2.19. The summed E-state index contributed by atoms with van der Waals surface area (Å²) in [5.74, 6) is -0.197. The minimum atomic E-state index is -3.86. The van der Waals surface area contributed by atoms with E-state index in [4.69, 9.17) is 4.55 Å². The van der Waals surface area contributed by atoms with Crippen LogP contribution in [0.15, 0.2) is 48.8 Å². The van der Waals surface area contributed by atoms with Crippen molar-refractivity contribution in [2.75, 3.05) is 5.75 Å². The highest BCUT2D eigenvalue weighted by Gasteiger charge is 2.05. The number of benzene rings is 1. The third-order valence-electron chi connectivity index (χ3n) is 3.53. The third-order valence-corrected chi connectivity index (χ3v) is 4.33. The molecular formula is C18H20NO4S+. The van der Waals surface area contributed by atoms with Crippen LogP contribution in [0.25, 0.3) is 12.2 Å². The van der Waals surface area contributed by atoms with Gasteiger partial charge in [-0.25, -0.2) is 4.57 Å². The molecule has 0 atom stereocenters. The number of rotatable bonds is 8. The first-order chi connectivity index (χ1) is 11.5. The molecule has 1 aromatic carbocycles. The van der Waals surface area contributed by atoms with Gasteiger partial charge in [0.15, 0.2) is 12.4 Å². The molecule has 0 saturated carbocycles. The average Bonchev–Trinajstić information content (AvgIpc) is 2.57. The topological polar surface area (TPSA) is 75.3 Å². The van der Waals surface area contributed by atoms with Gasteiger partial charge in [0.1, 0.15) is 12.8 Å². The van der Waals surface area contributed by atoms with E-state index in [2.05, 4.69) is 0 Å². The van der Waals surface area contributed by atoms with Crippen molar-refractivity contribution in [2.45, 2.75) is 19.4 Å². The summed E-state index contributed by atoms with van der Waals surface area (Å²) in [4.78, 5) is 10.6. The lowest BCUT2D eigenvalue weighted by Gasteiger charge is -1.98. The fourth-order valence-corrected chi connectivity index (χ4v) is 2.75. The molecule has 0 aliphatic carbocycles. The summed E-state index contributed by atoms with van der Waals surface area (Å²) in [6, 6.07) is 11.3. The Balaban J connectivity index is 1.86. The number of aldehydes is 1. The summed E-state index contributed by atoms with van der Waals surface area (Å²) in [6.45, 7) is 0.701. The van der Waals surface area contributed by atoms with Crippen molar-refractivity contribution < 1.29 is 22.3 Å². The molecule has 1 aromatic heterocycles. The van der Waals surface area contributed by atoms with Crippen LogP contribution in [0.3, 0.4) is 0 Å². The maximum Gasteiger partial charge on any atom is 0.264 e. The molecule has 24 heavy (non-hydrogen) atoms. The SMILES string of the molecule is O=Cc1ccc(C=Cc2cc[n+](CCCCS(=O)(=O)O)cc2)cc1. The Bertz CT molecular complexity index is 794. The minimum absolute atomic E-state index is 0.197. The fraction of sp³-hybridized carbons (Fsp3) is 0.222. The van der Waals surface area contributed by atoms with Gasteiger partial charge >= 0.3 is 0 Å². The molecule has 2 rings (SSSR count). The Kier molecular flexibility index (Phi) is 6.40. The van der Waals surface area contributed by atoms with E-state index in [0.29, 0.717) is 24.9 Å². The zero-order valence-corrected chi connectivity index (χ0v) is 14.0. The lowest BCUT2D eigenvalue weighted by atomic mass is 10.1. The van der Waals surface area contributed by atoms with Crippen LogP contribution in [0.2, 0.25) is 0 Å². The quantitative estimate of drug-likeness (QED) is 0.345. The molecule has 0 unspecified atom stereocenters. The van der Waals surface area contributed by atoms with Crippen molar-refractivity contribution in [2.24, 2.45) is 0 Å². The second kappa shape index (κ2) is 8.52. The molecule has 6 heteroatoms. The van der Waals surface area contributed by atoms with Crippen LogP contribution in [0.1, 0.15) is 34.3 Å². The first-order valence-corrected chi connectivity index (χ1v) is 9.25. The highest BCUT2D eigenvalue weighted by Crippen LogP contribution is 2.08. The Morgan fingerprint density at radius 1 is 0.875 bits per heavy atom. The van der Waals surface area contributed by atoms with E-state index >= 15 is 0 Å². The van der Waals surface area contributed by atoms with Crippen LogP contribution in [0.4, 0.5) is 0 Å². The number of carbonyl (C=O) groups is 1. The number of unbranched alkanes of at least 4 members (excludes halogenated alkanes) is 1. The van der Waals surface area contributed by atoms with Gasteiger partial charge in [0.2, 0.25) is 0 Å². The van der Waals surface area contributed by atoms with Gasteiger partial charge in [-0.3, -0.25) is 9.35 Å². The second-order valence-corrected chi connectivity index (χ2v) is 7.05. The molecule has 1 heterocycles. The second-order valence-electron chi connectivity index (χ2n) is 5.48. The van der Waals surface area contributed by atoms with Crippen molar-refractivity contribution in [3.63, 3.8) is 0 Å². The summed E-state index contributed by atoms with van der Waals surface area (Å²) < 4.78 is 31.9. The Hall–Kier alpha value is -2.31. The van der Waals surface area contributed by atoms with Crippen LogP contribution in [-0.2, 0) is 16.7 Å². The number of pyridine rings is 1. The van der Waals surface area contributed by atoms with Crippen molar-refractivity contribution in [1.29, 1.82) is 0 Å². The first-order valence-electron chi connectivity index (χ1n) is 7.64. The van der Waals surface area contributed by atoms with E-state index in [1.165, 1.54) is 0 Å². The zero-order valence-electron chi connectivity index (χ0n) is 13.2. The molecular weight excluding hydrogens is 326 g/mol. The molecule has 0 spiro atoms. The van der Waals surface area contributed by atoms with Crippen molar-refractivity contribution in [3.05, 3.63) is 65.5 Å². The summed E-state index contributed by atoms with van der Waals surface area (Å²) in [5.41, 5.74) is 2.72. The van der Waals surface area contributed by atoms with E-state index in [9.17, 15) is 13.2 Å². The average molecular weight is 346 g/mol. The van der Waals surface area contributed by atoms with Crippen LogP contribution >= 0.6 is 0 Å². The highest BCUT2D eigenvalue weighted by atomic mass is 32.2. The summed E-state index contributed by atoms with van der Waals surface area (Å²) in [7, 11) is -3.86. The Morgan fingerprint density at radius 2 is 1.42 bits per heavy atom. The van der Waals surface area contributed by atoms with Gasteiger partial charge < -0.3 is 0 Å². The number of nitrogens with zero attached hydrogens (tertiary/aromatic N) is 1. The Labute approximate surface area is 142 Å². The van der Waals surface area contributed by atoms with E-state index < -0.39 is 10.1 Å². The van der Waals surface area contributed by atoms with E-state index in [0.717, 1.165) is 17.4 Å². The van der Waals surface area contributed by atoms with Crippen molar-refractivity contribution in [3.8, 4) is 0 Å². The Morgan fingerprint density at radius 3 is 1.96 bits per heavy atom. The van der Waals surface area contributed by atoms with Crippen molar-refractivity contribution >= 4 is 28.6 Å². The van der Waals surface area contributed by atoms with Gasteiger partial charge in [-0.2, -0.15) is 8.42 Å². The molecule has 0 aliphatic heterocycles. The number of aryl methyl sites for hydroxylation is 1. The van der Waals surface area contributed by atoms with E-state index in [1.54, 1.807) is 12.1 Å². The van der Waals surface area contributed by atoms with Gasteiger partial charge in [-0.1, -0.05) is 36.4 Å². The lowest BCUT2D eigenvalue weighted by molar-refractivity contribution is -0.697. The van der Waals surface area contributed by atoms with Crippen LogP contribution in [0.5, 0.6) is 0 Å². The van der Waals surface area contributed by atoms with Crippen molar-refractivity contribution in [1.82, 2.24) is 0 Å². The molecule has 0 aliphatic rings. The monoisotopic (exact) mass is 346 g/mol. The summed E-state index contributed by atoms with van der Waals surface area (Å²) >= 11 is 0. The molecule has 1 N–H and O–H groups in total. The smallest absolute Gasteiger partial charge is 0.264 e. The molecule has 2 aromatic rings. The third kappa shape index (κ3) is 6.44.